The lowest BCUT2D eigenvalue weighted by atomic mass is 10.1. The Bertz CT molecular complexity index is 839. The summed E-state index contributed by atoms with van der Waals surface area (Å²) in [5.74, 6) is 1.37. The third-order valence-corrected chi connectivity index (χ3v) is 4.08. The lowest BCUT2D eigenvalue weighted by Crippen LogP contribution is -2.04. The molecule has 0 saturated carbocycles. The number of nitrogens with zero attached hydrogens (tertiary/aromatic N) is 1. The van der Waals surface area contributed by atoms with Gasteiger partial charge in [0.1, 0.15) is 0 Å². The molecule has 1 aromatic heterocycles. The van der Waals surface area contributed by atoms with Gasteiger partial charge in [0, 0.05) is 0 Å². The van der Waals surface area contributed by atoms with E-state index in [1.54, 1.807) is 18.2 Å². The van der Waals surface area contributed by atoms with Gasteiger partial charge in [-0.05, 0) is 72.3 Å². The minimum atomic E-state index is -0.520. The van der Waals surface area contributed by atoms with Crippen molar-refractivity contribution in [3.8, 4) is 11.5 Å². The highest BCUT2D eigenvalue weighted by Gasteiger charge is 2.26. The predicted octanol–water partition coefficient (Wildman–Crippen LogP) is 4.03. The topological polar surface area (TPSA) is 70.3 Å². The highest BCUT2D eigenvalue weighted by Crippen LogP contribution is 2.35. The number of hydrogen-bond acceptors (Lipinski definition) is 6. The summed E-state index contributed by atoms with van der Waals surface area (Å²) >= 11 is 2.18. The first kappa shape index (κ1) is 17.5. The molecule has 2 aromatic rings. The van der Waals surface area contributed by atoms with Crippen LogP contribution in [-0.2, 0) is 9.53 Å². The molecule has 0 aliphatic carbocycles. The maximum atomic E-state index is 12.0. The fourth-order valence-corrected chi connectivity index (χ4v) is 3.07. The molecule has 0 saturated heterocycles. The van der Waals surface area contributed by atoms with Gasteiger partial charge >= 0.3 is 5.97 Å². The van der Waals surface area contributed by atoms with Gasteiger partial charge in [0.05, 0.1) is 23.0 Å². The highest BCUT2D eigenvalue weighted by molar-refractivity contribution is 14.1. The van der Waals surface area contributed by atoms with E-state index in [0.29, 0.717) is 30.5 Å². The first-order valence-electron chi connectivity index (χ1n) is 7.78. The quantitative estimate of drug-likeness (QED) is 0.376. The van der Waals surface area contributed by atoms with Gasteiger partial charge in [0.15, 0.2) is 23.0 Å². The smallest absolute Gasteiger partial charge is 0.363 e. The van der Waals surface area contributed by atoms with Crippen molar-refractivity contribution in [2.24, 2.45) is 4.99 Å². The van der Waals surface area contributed by atoms with E-state index in [4.69, 9.17) is 18.6 Å². The van der Waals surface area contributed by atoms with Crippen LogP contribution >= 0.6 is 22.6 Å². The first-order valence-corrected chi connectivity index (χ1v) is 8.85. The molecule has 0 atom stereocenters. The van der Waals surface area contributed by atoms with Crippen LogP contribution in [0, 0.1) is 3.57 Å². The second-order valence-corrected chi connectivity index (χ2v) is 6.17. The molecule has 0 N–H and O–H groups in total. The van der Waals surface area contributed by atoms with Crippen molar-refractivity contribution < 1.29 is 23.4 Å². The number of benzene rings is 1. The maximum Gasteiger partial charge on any atom is 0.363 e. The molecule has 0 amide bonds. The van der Waals surface area contributed by atoms with Crippen molar-refractivity contribution in [1.82, 2.24) is 0 Å². The molecule has 0 radical (unpaired) electrons. The molecule has 25 heavy (non-hydrogen) atoms. The second kappa shape index (κ2) is 7.73. The average molecular weight is 453 g/mol. The zero-order chi connectivity index (χ0) is 17.8. The van der Waals surface area contributed by atoms with E-state index in [-0.39, 0.29) is 11.6 Å². The Balaban J connectivity index is 1.96. The number of hydrogen-bond donors (Lipinski definition) is 0. The Morgan fingerprint density at radius 2 is 2.04 bits per heavy atom. The van der Waals surface area contributed by atoms with Crippen LogP contribution in [-0.4, -0.2) is 25.1 Å². The lowest BCUT2D eigenvalue weighted by Gasteiger charge is -2.13. The summed E-state index contributed by atoms with van der Waals surface area (Å²) in [4.78, 5) is 16.3. The zero-order valence-electron chi connectivity index (χ0n) is 13.7. The third-order valence-electron chi connectivity index (χ3n) is 3.28. The van der Waals surface area contributed by atoms with E-state index in [1.807, 2.05) is 26.0 Å². The highest BCUT2D eigenvalue weighted by atomic mass is 127. The molecule has 0 unspecified atom stereocenters. The number of carbonyl (C=O) groups excluding carboxylic acids is 1. The van der Waals surface area contributed by atoms with Crippen molar-refractivity contribution in [2.45, 2.75) is 13.8 Å². The van der Waals surface area contributed by atoms with Crippen LogP contribution in [0.25, 0.3) is 6.08 Å². The zero-order valence-corrected chi connectivity index (χ0v) is 15.9. The second-order valence-electron chi connectivity index (χ2n) is 5.01. The average Bonchev–Trinajstić information content (AvgIpc) is 3.22. The molecule has 2 heterocycles. The minimum absolute atomic E-state index is 0.159. The van der Waals surface area contributed by atoms with Crippen LogP contribution in [0.3, 0.4) is 0 Å². The maximum absolute atomic E-state index is 12.0. The van der Waals surface area contributed by atoms with E-state index in [2.05, 4.69) is 27.6 Å². The number of carbonyl (C=O) groups is 1. The van der Waals surface area contributed by atoms with Crippen molar-refractivity contribution in [3.63, 3.8) is 0 Å². The summed E-state index contributed by atoms with van der Waals surface area (Å²) < 4.78 is 22.5. The molecule has 0 bridgehead atoms. The molecular formula is C18H16INO5. The summed E-state index contributed by atoms with van der Waals surface area (Å²) in [6.07, 6.45) is 3.15. The fourth-order valence-electron chi connectivity index (χ4n) is 2.29. The lowest BCUT2D eigenvalue weighted by molar-refractivity contribution is -0.130. The Hall–Kier alpha value is -2.29. The molecule has 1 aliphatic heterocycles. The number of ether oxygens (including phenoxy) is 3. The van der Waals surface area contributed by atoms with Gasteiger partial charge in [0.25, 0.3) is 5.90 Å². The number of halogens is 1. The number of aliphatic imine (C=N–C) groups is 1. The molecule has 3 rings (SSSR count). The van der Waals surface area contributed by atoms with Gasteiger partial charge in [0.2, 0.25) is 0 Å². The Morgan fingerprint density at radius 1 is 1.24 bits per heavy atom. The van der Waals surface area contributed by atoms with Gasteiger partial charge in [-0.1, -0.05) is 0 Å². The summed E-state index contributed by atoms with van der Waals surface area (Å²) in [5.41, 5.74) is 0.974. The number of esters is 1. The van der Waals surface area contributed by atoms with Gasteiger partial charge in [-0.3, -0.25) is 0 Å². The fraction of sp³-hybridized carbons (Fsp3) is 0.222. The Morgan fingerprint density at radius 3 is 2.72 bits per heavy atom. The summed E-state index contributed by atoms with van der Waals surface area (Å²) in [6.45, 7) is 4.88. The van der Waals surface area contributed by atoms with Crippen LogP contribution in [0.15, 0.2) is 45.6 Å². The monoisotopic (exact) mass is 453 g/mol. The molecular weight excluding hydrogens is 437 g/mol. The number of furan rings is 1. The van der Waals surface area contributed by atoms with Crippen LogP contribution < -0.4 is 9.47 Å². The first-order chi connectivity index (χ1) is 12.1. The predicted molar refractivity (Wildman–Crippen MR) is 101 cm³/mol. The van der Waals surface area contributed by atoms with Crippen LogP contribution in [0.1, 0.15) is 25.2 Å². The molecule has 6 nitrogen and oxygen atoms in total. The molecule has 0 spiro atoms. The summed E-state index contributed by atoms with van der Waals surface area (Å²) in [6, 6.07) is 7.10. The Labute approximate surface area is 158 Å². The van der Waals surface area contributed by atoms with Gasteiger partial charge < -0.3 is 18.6 Å². The number of cyclic esters (lactones) is 1. The van der Waals surface area contributed by atoms with Gasteiger partial charge in [-0.25, -0.2) is 9.79 Å². The summed E-state index contributed by atoms with van der Waals surface area (Å²) in [5, 5.41) is 0. The summed E-state index contributed by atoms with van der Waals surface area (Å²) in [7, 11) is 0. The Kier molecular flexibility index (Phi) is 5.42. The molecule has 130 valence electrons. The van der Waals surface area contributed by atoms with Crippen LogP contribution in [0.5, 0.6) is 11.5 Å². The van der Waals surface area contributed by atoms with Crippen molar-refractivity contribution in [2.75, 3.05) is 13.2 Å². The molecule has 1 aliphatic rings. The standard InChI is InChI=1S/C18H16INO5/c1-3-22-15-10-11(8-12(19)16(15)23-4-2)9-13-18(21)25-17(20-13)14-6-5-7-24-14/h5-10H,3-4H2,1-2H3. The third kappa shape index (κ3) is 3.87. The van der Waals surface area contributed by atoms with E-state index in [9.17, 15) is 4.79 Å². The van der Waals surface area contributed by atoms with Crippen molar-refractivity contribution in [1.29, 1.82) is 0 Å². The van der Waals surface area contributed by atoms with Crippen LogP contribution in [0.2, 0.25) is 0 Å². The SMILES string of the molecule is CCOc1cc(C=C2N=C(c3ccco3)OC2=O)cc(I)c1OCC. The van der Waals surface area contributed by atoms with Gasteiger partial charge in [-0.2, -0.15) is 0 Å². The molecule has 7 heteroatoms. The van der Waals surface area contributed by atoms with Crippen LogP contribution in [0.4, 0.5) is 0 Å². The van der Waals surface area contributed by atoms with E-state index < -0.39 is 5.97 Å². The van der Waals surface area contributed by atoms with E-state index in [0.717, 1.165) is 9.13 Å². The molecule has 1 aromatic carbocycles. The largest absolute Gasteiger partial charge is 0.490 e. The minimum Gasteiger partial charge on any atom is -0.490 e. The normalized spacial score (nSPS) is 15.2. The number of rotatable bonds is 6. The van der Waals surface area contributed by atoms with Crippen molar-refractivity contribution >= 4 is 40.5 Å². The van der Waals surface area contributed by atoms with Gasteiger partial charge in [-0.15, -0.1) is 0 Å². The molecule has 0 fully saturated rings. The van der Waals surface area contributed by atoms with Crippen molar-refractivity contribution in [3.05, 3.63) is 51.1 Å². The van der Waals surface area contributed by atoms with E-state index in [1.165, 1.54) is 6.26 Å². The van der Waals surface area contributed by atoms with E-state index >= 15 is 0 Å².